The Hall–Kier alpha value is -3.12. The summed E-state index contributed by atoms with van der Waals surface area (Å²) in [4.78, 5) is 12.7. The molecule has 1 amide bonds. The third-order valence-corrected chi connectivity index (χ3v) is 6.96. The van der Waals surface area contributed by atoms with E-state index in [1.807, 2.05) is 50.2 Å². The number of carbonyl (C=O) groups is 1. The molecule has 1 N–H and O–H groups in total. The van der Waals surface area contributed by atoms with Gasteiger partial charge in [0.05, 0.1) is 10.6 Å². The fourth-order valence-corrected chi connectivity index (χ4v) is 4.65. The predicted octanol–water partition coefficient (Wildman–Crippen LogP) is 5.09. The molecule has 0 saturated heterocycles. The van der Waals surface area contributed by atoms with Crippen molar-refractivity contribution < 1.29 is 13.2 Å². The fourth-order valence-electron chi connectivity index (χ4n) is 3.19. The van der Waals surface area contributed by atoms with E-state index in [1.165, 1.54) is 9.87 Å². The van der Waals surface area contributed by atoms with Crippen molar-refractivity contribution in [1.82, 2.24) is 0 Å². The smallest absolute Gasteiger partial charge is 0.264 e. The number of hydrogen-bond acceptors (Lipinski definition) is 3. The zero-order valence-corrected chi connectivity index (χ0v) is 18.9. The van der Waals surface area contributed by atoms with Gasteiger partial charge in [-0.1, -0.05) is 54.4 Å². The van der Waals surface area contributed by atoms with Crippen LogP contribution in [0.1, 0.15) is 30.0 Å². The molecule has 0 spiro atoms. The Morgan fingerprint density at radius 3 is 1.94 bits per heavy atom. The minimum Gasteiger partial charge on any atom is -0.326 e. The highest BCUT2D eigenvalue weighted by Crippen LogP contribution is 2.25. The van der Waals surface area contributed by atoms with Crippen LogP contribution >= 0.6 is 0 Å². The number of nitrogens with one attached hydrogen (secondary N) is 1. The lowest BCUT2D eigenvalue weighted by Gasteiger charge is -2.24. The highest BCUT2D eigenvalue weighted by molar-refractivity contribution is 7.92. The standard InChI is InChI=1S/C25H28N2O3S/c1-4-21-9-11-22(12-10-21)26-25(28)17-18-27(23-13-5-19(2)6-14-23)31(29,30)24-15-7-20(3)8-16-24/h5-16H,4,17-18H2,1-3H3,(H,26,28). The molecule has 0 aliphatic heterocycles. The van der Waals surface area contributed by atoms with Gasteiger partial charge in [0.15, 0.2) is 0 Å². The van der Waals surface area contributed by atoms with E-state index in [2.05, 4.69) is 12.2 Å². The lowest BCUT2D eigenvalue weighted by Crippen LogP contribution is -2.34. The van der Waals surface area contributed by atoms with Crippen LogP contribution in [0, 0.1) is 13.8 Å². The van der Waals surface area contributed by atoms with Crippen molar-refractivity contribution in [1.29, 1.82) is 0 Å². The zero-order valence-electron chi connectivity index (χ0n) is 18.1. The first-order valence-corrected chi connectivity index (χ1v) is 11.8. The summed E-state index contributed by atoms with van der Waals surface area (Å²) in [5, 5.41) is 2.85. The van der Waals surface area contributed by atoms with Gasteiger partial charge in [-0.05, 0) is 62.2 Å². The van der Waals surface area contributed by atoms with Crippen LogP contribution in [0.2, 0.25) is 0 Å². The van der Waals surface area contributed by atoms with E-state index in [1.54, 1.807) is 36.4 Å². The Kier molecular flexibility index (Phi) is 7.13. The molecule has 0 bridgehead atoms. The highest BCUT2D eigenvalue weighted by atomic mass is 32.2. The molecule has 0 fully saturated rings. The summed E-state index contributed by atoms with van der Waals surface area (Å²) in [5.74, 6) is -0.236. The van der Waals surface area contributed by atoms with Crippen LogP contribution in [0.4, 0.5) is 11.4 Å². The first-order valence-electron chi connectivity index (χ1n) is 10.3. The number of nitrogens with zero attached hydrogens (tertiary/aromatic N) is 1. The molecule has 0 atom stereocenters. The van der Waals surface area contributed by atoms with Gasteiger partial charge < -0.3 is 5.32 Å². The molecule has 0 aliphatic rings. The molecule has 3 rings (SSSR count). The molecule has 162 valence electrons. The minimum absolute atomic E-state index is 0.0362. The molecule has 31 heavy (non-hydrogen) atoms. The second kappa shape index (κ2) is 9.79. The second-order valence-electron chi connectivity index (χ2n) is 7.57. The molecule has 0 heterocycles. The van der Waals surface area contributed by atoms with Crippen LogP contribution in [0.15, 0.2) is 77.7 Å². The summed E-state index contributed by atoms with van der Waals surface area (Å²) in [6.45, 7) is 5.96. The van der Waals surface area contributed by atoms with Crippen molar-refractivity contribution in [2.75, 3.05) is 16.2 Å². The number of aryl methyl sites for hydroxylation is 3. The second-order valence-corrected chi connectivity index (χ2v) is 9.44. The van der Waals surface area contributed by atoms with Crippen molar-refractivity contribution in [3.05, 3.63) is 89.5 Å². The summed E-state index contributed by atoms with van der Waals surface area (Å²) >= 11 is 0. The number of sulfonamides is 1. The fraction of sp³-hybridized carbons (Fsp3) is 0.240. The molecule has 0 radical (unpaired) electrons. The van der Waals surface area contributed by atoms with Gasteiger partial charge in [0.25, 0.3) is 10.0 Å². The van der Waals surface area contributed by atoms with Crippen LogP contribution in [0.25, 0.3) is 0 Å². The quantitative estimate of drug-likeness (QED) is 0.535. The van der Waals surface area contributed by atoms with E-state index in [-0.39, 0.29) is 23.8 Å². The Bertz CT molecular complexity index is 1120. The minimum atomic E-state index is -3.81. The Balaban J connectivity index is 1.80. The van der Waals surface area contributed by atoms with Crippen molar-refractivity contribution in [2.24, 2.45) is 0 Å². The van der Waals surface area contributed by atoms with Crippen LogP contribution in [-0.2, 0) is 21.2 Å². The maximum Gasteiger partial charge on any atom is 0.264 e. The normalized spacial score (nSPS) is 11.2. The van der Waals surface area contributed by atoms with E-state index >= 15 is 0 Å². The molecule has 6 heteroatoms. The first-order chi connectivity index (χ1) is 14.8. The van der Waals surface area contributed by atoms with Crippen molar-refractivity contribution in [2.45, 2.75) is 38.5 Å². The molecule has 0 unspecified atom stereocenters. The number of rotatable bonds is 8. The van der Waals surface area contributed by atoms with Gasteiger partial charge in [-0.2, -0.15) is 0 Å². The SMILES string of the molecule is CCc1ccc(NC(=O)CCN(c2ccc(C)cc2)S(=O)(=O)c2ccc(C)cc2)cc1. The monoisotopic (exact) mass is 436 g/mol. The van der Waals surface area contributed by atoms with Crippen molar-refractivity contribution in [3.63, 3.8) is 0 Å². The van der Waals surface area contributed by atoms with Crippen molar-refractivity contribution in [3.8, 4) is 0 Å². The van der Waals surface area contributed by atoms with Gasteiger partial charge >= 0.3 is 0 Å². The first kappa shape index (κ1) is 22.6. The van der Waals surface area contributed by atoms with Gasteiger partial charge in [0.1, 0.15) is 0 Å². The number of carbonyl (C=O) groups excluding carboxylic acids is 1. The summed E-state index contributed by atoms with van der Waals surface area (Å²) in [7, 11) is -3.81. The molecule has 0 aromatic heterocycles. The summed E-state index contributed by atoms with van der Waals surface area (Å²) < 4.78 is 28.0. The van der Waals surface area contributed by atoms with Crippen LogP contribution in [-0.4, -0.2) is 20.9 Å². The zero-order chi connectivity index (χ0) is 22.4. The average Bonchev–Trinajstić information content (AvgIpc) is 2.76. The van der Waals surface area contributed by atoms with E-state index in [9.17, 15) is 13.2 Å². The maximum absolute atomic E-state index is 13.4. The summed E-state index contributed by atoms with van der Waals surface area (Å²) in [6, 6.07) is 21.7. The average molecular weight is 437 g/mol. The van der Waals surface area contributed by atoms with E-state index in [0.29, 0.717) is 11.4 Å². The van der Waals surface area contributed by atoms with Crippen LogP contribution in [0.3, 0.4) is 0 Å². The molecule has 3 aromatic carbocycles. The molecule has 3 aromatic rings. The van der Waals surface area contributed by atoms with Gasteiger partial charge in [-0.15, -0.1) is 0 Å². The third-order valence-electron chi connectivity index (χ3n) is 5.12. The molecule has 5 nitrogen and oxygen atoms in total. The Labute approximate surface area is 184 Å². The van der Waals surface area contributed by atoms with Crippen molar-refractivity contribution >= 4 is 27.3 Å². The number of benzene rings is 3. The summed E-state index contributed by atoms with van der Waals surface area (Å²) in [6.07, 6.45) is 0.963. The van der Waals surface area contributed by atoms with Crippen LogP contribution < -0.4 is 9.62 Å². The number of hydrogen-bond donors (Lipinski definition) is 1. The number of anilines is 2. The van der Waals surface area contributed by atoms with Gasteiger partial charge in [-0.25, -0.2) is 8.42 Å². The lowest BCUT2D eigenvalue weighted by atomic mass is 10.1. The van der Waals surface area contributed by atoms with Gasteiger partial charge in [0.2, 0.25) is 5.91 Å². The Morgan fingerprint density at radius 2 is 1.39 bits per heavy atom. The molecule has 0 saturated carbocycles. The highest BCUT2D eigenvalue weighted by Gasteiger charge is 2.25. The largest absolute Gasteiger partial charge is 0.326 e. The molecular weight excluding hydrogens is 408 g/mol. The lowest BCUT2D eigenvalue weighted by molar-refractivity contribution is -0.116. The van der Waals surface area contributed by atoms with Crippen LogP contribution in [0.5, 0.6) is 0 Å². The van der Waals surface area contributed by atoms with E-state index in [0.717, 1.165) is 17.5 Å². The summed E-state index contributed by atoms with van der Waals surface area (Å²) in [5.41, 5.74) is 4.43. The van der Waals surface area contributed by atoms with Gasteiger partial charge in [-0.3, -0.25) is 9.10 Å². The number of amides is 1. The Morgan fingerprint density at radius 1 is 0.839 bits per heavy atom. The molecule has 0 aliphatic carbocycles. The van der Waals surface area contributed by atoms with E-state index < -0.39 is 10.0 Å². The third kappa shape index (κ3) is 5.73. The maximum atomic E-state index is 13.4. The molecular formula is C25H28N2O3S. The topological polar surface area (TPSA) is 66.5 Å². The predicted molar refractivity (Wildman–Crippen MR) is 126 cm³/mol. The van der Waals surface area contributed by atoms with E-state index in [4.69, 9.17) is 0 Å². The van der Waals surface area contributed by atoms with Gasteiger partial charge in [0, 0.05) is 18.7 Å².